The fourth-order valence-electron chi connectivity index (χ4n) is 3.31. The van der Waals surface area contributed by atoms with Gasteiger partial charge in [0.25, 0.3) is 0 Å². The van der Waals surface area contributed by atoms with Gasteiger partial charge < -0.3 is 14.8 Å². The fourth-order valence-corrected chi connectivity index (χ4v) is 3.31. The van der Waals surface area contributed by atoms with Crippen LogP contribution in [0, 0.1) is 0 Å². The average molecular weight is 275 g/mol. The molecule has 1 saturated carbocycles. The highest BCUT2D eigenvalue weighted by Gasteiger charge is 2.40. The van der Waals surface area contributed by atoms with Crippen molar-refractivity contribution in [2.24, 2.45) is 0 Å². The van der Waals surface area contributed by atoms with E-state index in [0.29, 0.717) is 5.92 Å². The second-order valence-electron chi connectivity index (χ2n) is 6.05. The maximum Gasteiger partial charge on any atom is 0.161 e. The van der Waals surface area contributed by atoms with Gasteiger partial charge in [-0.1, -0.05) is 0 Å². The summed E-state index contributed by atoms with van der Waals surface area (Å²) in [4.78, 5) is 9.78. The molecule has 2 aliphatic heterocycles. The highest BCUT2D eigenvalue weighted by atomic mass is 16.5. The van der Waals surface area contributed by atoms with Crippen LogP contribution in [-0.4, -0.2) is 30.3 Å². The number of fused-ring (bicyclic) bond motifs is 1. The fraction of sp³-hybridized carbons (Fsp3) is 0.733. The van der Waals surface area contributed by atoms with Crippen LogP contribution in [0.5, 0.6) is 0 Å². The van der Waals surface area contributed by atoms with E-state index in [1.165, 1.54) is 29.8 Å². The average Bonchev–Trinajstić information content (AvgIpc) is 3.24. The molecule has 3 aliphatic rings. The van der Waals surface area contributed by atoms with Crippen LogP contribution in [0.2, 0.25) is 0 Å². The SMILES string of the molecule is COC1(c2nc3c(c(C4CC4)n2)CNC3)CCOCC1. The molecule has 1 aliphatic carbocycles. The third kappa shape index (κ3) is 1.96. The van der Waals surface area contributed by atoms with Crippen molar-refractivity contribution in [1.82, 2.24) is 15.3 Å². The molecule has 1 saturated heterocycles. The summed E-state index contributed by atoms with van der Waals surface area (Å²) < 4.78 is 11.3. The second-order valence-corrected chi connectivity index (χ2v) is 6.05. The summed E-state index contributed by atoms with van der Waals surface area (Å²) in [7, 11) is 1.77. The zero-order chi connectivity index (χ0) is 13.6. The summed E-state index contributed by atoms with van der Waals surface area (Å²) in [5, 5.41) is 3.40. The molecular formula is C15H21N3O2. The topological polar surface area (TPSA) is 56.3 Å². The molecule has 0 unspecified atom stereocenters. The third-order valence-corrected chi connectivity index (χ3v) is 4.78. The van der Waals surface area contributed by atoms with Gasteiger partial charge in [0.05, 0.1) is 11.4 Å². The van der Waals surface area contributed by atoms with Crippen molar-refractivity contribution in [3.63, 3.8) is 0 Å². The zero-order valence-corrected chi connectivity index (χ0v) is 11.9. The first-order valence-corrected chi connectivity index (χ1v) is 7.56. The first-order chi connectivity index (χ1) is 9.82. The summed E-state index contributed by atoms with van der Waals surface area (Å²) >= 11 is 0. The molecule has 0 spiro atoms. The molecule has 5 heteroatoms. The predicted octanol–water partition coefficient (Wildman–Crippen LogP) is 1.61. The Bertz CT molecular complexity index is 522. The van der Waals surface area contributed by atoms with Gasteiger partial charge in [0.2, 0.25) is 0 Å². The quantitative estimate of drug-likeness (QED) is 0.908. The van der Waals surface area contributed by atoms with E-state index in [0.717, 1.165) is 45.0 Å². The van der Waals surface area contributed by atoms with Gasteiger partial charge in [0, 0.05) is 57.7 Å². The van der Waals surface area contributed by atoms with Crippen LogP contribution in [-0.2, 0) is 28.2 Å². The van der Waals surface area contributed by atoms with Crippen molar-refractivity contribution in [3.05, 3.63) is 22.8 Å². The van der Waals surface area contributed by atoms with Gasteiger partial charge >= 0.3 is 0 Å². The maximum atomic E-state index is 5.85. The molecule has 1 aromatic heterocycles. The number of ether oxygens (including phenoxy) is 2. The summed E-state index contributed by atoms with van der Waals surface area (Å²) in [5.41, 5.74) is 3.45. The van der Waals surface area contributed by atoms with Gasteiger partial charge in [0.15, 0.2) is 5.82 Å². The molecule has 20 heavy (non-hydrogen) atoms. The molecule has 2 fully saturated rings. The van der Waals surface area contributed by atoms with Gasteiger partial charge in [-0.05, 0) is 12.8 Å². The van der Waals surface area contributed by atoms with Crippen molar-refractivity contribution in [3.8, 4) is 0 Å². The Balaban J connectivity index is 1.79. The van der Waals surface area contributed by atoms with E-state index in [1.54, 1.807) is 7.11 Å². The summed E-state index contributed by atoms with van der Waals surface area (Å²) in [6.07, 6.45) is 4.23. The molecule has 1 N–H and O–H groups in total. The molecule has 0 bridgehead atoms. The minimum Gasteiger partial charge on any atom is -0.381 e. The van der Waals surface area contributed by atoms with Crippen molar-refractivity contribution in [1.29, 1.82) is 0 Å². The molecular weight excluding hydrogens is 254 g/mol. The lowest BCUT2D eigenvalue weighted by atomic mass is 9.92. The lowest BCUT2D eigenvalue weighted by Crippen LogP contribution is -2.38. The largest absolute Gasteiger partial charge is 0.381 e. The molecule has 0 atom stereocenters. The molecule has 3 heterocycles. The predicted molar refractivity (Wildman–Crippen MR) is 73.3 cm³/mol. The number of nitrogens with zero attached hydrogens (tertiary/aromatic N) is 2. The molecule has 5 nitrogen and oxygen atoms in total. The number of hydrogen-bond donors (Lipinski definition) is 1. The van der Waals surface area contributed by atoms with Crippen LogP contribution in [0.1, 0.15) is 54.4 Å². The molecule has 0 aromatic carbocycles. The van der Waals surface area contributed by atoms with Crippen molar-refractivity contribution in [2.45, 2.75) is 50.3 Å². The highest BCUT2D eigenvalue weighted by Crippen LogP contribution is 2.43. The van der Waals surface area contributed by atoms with E-state index >= 15 is 0 Å². The van der Waals surface area contributed by atoms with Crippen LogP contribution < -0.4 is 5.32 Å². The molecule has 108 valence electrons. The van der Waals surface area contributed by atoms with Crippen molar-refractivity contribution < 1.29 is 9.47 Å². The Morgan fingerprint density at radius 3 is 2.70 bits per heavy atom. The first-order valence-electron chi connectivity index (χ1n) is 7.56. The molecule has 0 radical (unpaired) electrons. The van der Waals surface area contributed by atoms with E-state index in [4.69, 9.17) is 19.4 Å². The van der Waals surface area contributed by atoms with Gasteiger partial charge in [0.1, 0.15) is 5.60 Å². The lowest BCUT2D eigenvalue weighted by Gasteiger charge is -2.34. The summed E-state index contributed by atoms with van der Waals surface area (Å²) in [5.74, 6) is 1.53. The van der Waals surface area contributed by atoms with E-state index in [-0.39, 0.29) is 5.60 Å². The van der Waals surface area contributed by atoms with Crippen LogP contribution in [0.3, 0.4) is 0 Å². The third-order valence-electron chi connectivity index (χ3n) is 4.78. The van der Waals surface area contributed by atoms with Gasteiger partial charge in [-0.3, -0.25) is 0 Å². The van der Waals surface area contributed by atoms with Crippen LogP contribution >= 0.6 is 0 Å². The maximum absolute atomic E-state index is 5.85. The highest BCUT2D eigenvalue weighted by molar-refractivity contribution is 5.34. The standard InChI is InChI=1S/C15H21N3O2/c1-19-15(4-6-20-7-5-15)14-17-12-9-16-8-11(12)13(18-14)10-2-3-10/h10,16H,2-9H2,1H3. The van der Waals surface area contributed by atoms with E-state index in [9.17, 15) is 0 Å². The van der Waals surface area contributed by atoms with Gasteiger partial charge in [-0.25, -0.2) is 9.97 Å². The minimum absolute atomic E-state index is 0.348. The normalized spacial score (nSPS) is 24.6. The number of hydrogen-bond acceptors (Lipinski definition) is 5. The Labute approximate surface area is 119 Å². The van der Waals surface area contributed by atoms with E-state index in [2.05, 4.69) is 5.32 Å². The van der Waals surface area contributed by atoms with Crippen LogP contribution in [0.4, 0.5) is 0 Å². The lowest BCUT2D eigenvalue weighted by molar-refractivity contribution is -0.100. The van der Waals surface area contributed by atoms with Crippen LogP contribution in [0.15, 0.2) is 0 Å². The van der Waals surface area contributed by atoms with Crippen LogP contribution in [0.25, 0.3) is 0 Å². The smallest absolute Gasteiger partial charge is 0.161 e. The summed E-state index contributed by atoms with van der Waals surface area (Å²) in [6.45, 7) is 3.24. The van der Waals surface area contributed by atoms with Crippen molar-refractivity contribution >= 4 is 0 Å². The minimum atomic E-state index is -0.348. The zero-order valence-electron chi connectivity index (χ0n) is 11.9. The first kappa shape index (κ1) is 12.7. The van der Waals surface area contributed by atoms with Crippen molar-refractivity contribution in [2.75, 3.05) is 20.3 Å². The number of methoxy groups -OCH3 is 1. The number of rotatable bonds is 3. The van der Waals surface area contributed by atoms with Gasteiger partial charge in [-0.2, -0.15) is 0 Å². The van der Waals surface area contributed by atoms with E-state index in [1.807, 2.05) is 0 Å². The monoisotopic (exact) mass is 275 g/mol. The Kier molecular flexibility index (Phi) is 3.02. The van der Waals surface area contributed by atoms with E-state index < -0.39 is 0 Å². The molecule has 4 rings (SSSR count). The Morgan fingerprint density at radius 2 is 2.00 bits per heavy atom. The molecule has 0 amide bonds. The molecule has 1 aromatic rings. The Morgan fingerprint density at radius 1 is 1.20 bits per heavy atom. The summed E-state index contributed by atoms with van der Waals surface area (Å²) in [6, 6.07) is 0. The second kappa shape index (κ2) is 4.76. The Hall–Kier alpha value is -1.04. The number of aromatic nitrogens is 2. The number of nitrogens with one attached hydrogen (secondary N) is 1. The van der Waals surface area contributed by atoms with Gasteiger partial charge in [-0.15, -0.1) is 0 Å².